The fourth-order valence-electron chi connectivity index (χ4n) is 4.82. The van der Waals surface area contributed by atoms with Crippen LogP contribution in [0.1, 0.15) is 48.1 Å². The van der Waals surface area contributed by atoms with E-state index in [9.17, 15) is 13.2 Å². The smallest absolute Gasteiger partial charge is 0.241 e. The first-order chi connectivity index (χ1) is 18.9. The van der Waals surface area contributed by atoms with Crippen molar-refractivity contribution in [1.82, 2.24) is 9.71 Å². The Hall–Kier alpha value is -4.01. The second-order valence-corrected chi connectivity index (χ2v) is 11.4. The lowest BCUT2D eigenvalue weighted by Crippen LogP contribution is -2.27. The summed E-state index contributed by atoms with van der Waals surface area (Å²) in [5, 5.41) is 6.27. The Balaban J connectivity index is 1.28. The molecular formula is C31H32N4O3S. The average Bonchev–Trinajstić information content (AvgIpc) is 3.34. The van der Waals surface area contributed by atoms with Crippen LogP contribution in [0.5, 0.6) is 0 Å². The first-order valence-electron chi connectivity index (χ1n) is 13.2. The zero-order valence-electron chi connectivity index (χ0n) is 21.9. The fourth-order valence-corrected chi connectivity index (χ4v) is 6.07. The van der Waals surface area contributed by atoms with Gasteiger partial charge >= 0.3 is 0 Å². The number of benzene rings is 3. The fraction of sp³-hybridized carbons (Fsp3) is 0.226. The van der Waals surface area contributed by atoms with Crippen molar-refractivity contribution in [2.24, 2.45) is 0 Å². The van der Waals surface area contributed by atoms with Crippen LogP contribution < -0.4 is 15.4 Å². The van der Waals surface area contributed by atoms with Gasteiger partial charge in [0.1, 0.15) is 0 Å². The number of aromatic nitrogens is 1. The first kappa shape index (κ1) is 26.6. The standard InChI is InChI=1S/C31H32N4O3S/c1-2-22-10-16-26(17-11-22)39(37,38)35-28-18-14-24-13-15-25(21-27(24)28)33-31-29(9-6-20-32-31)34-30(36)19-12-23-7-4-3-5-8-23/h3-11,13,15-17,20-21,28,35H,2,12,14,18-19H2,1H3,(H,32,33)(H,34,36). The average molecular weight is 541 g/mol. The monoisotopic (exact) mass is 540 g/mol. The van der Waals surface area contributed by atoms with Crippen LogP contribution in [0.2, 0.25) is 0 Å². The van der Waals surface area contributed by atoms with Crippen molar-refractivity contribution in [3.05, 3.63) is 113 Å². The zero-order chi connectivity index (χ0) is 27.2. The van der Waals surface area contributed by atoms with Crippen molar-refractivity contribution < 1.29 is 13.2 Å². The molecule has 200 valence electrons. The van der Waals surface area contributed by atoms with Crippen LogP contribution in [0.15, 0.2) is 96.0 Å². The normalized spacial score (nSPS) is 14.5. The summed E-state index contributed by atoms with van der Waals surface area (Å²) in [7, 11) is -3.66. The number of carbonyl (C=O) groups is 1. The van der Waals surface area contributed by atoms with Gasteiger partial charge in [-0.2, -0.15) is 0 Å². The number of aryl methyl sites for hydroxylation is 3. The number of rotatable bonds is 10. The first-order valence-corrected chi connectivity index (χ1v) is 14.7. The minimum absolute atomic E-state index is 0.0923. The van der Waals surface area contributed by atoms with E-state index in [1.54, 1.807) is 24.4 Å². The summed E-state index contributed by atoms with van der Waals surface area (Å²) in [6.07, 6.45) is 5.02. The molecule has 5 rings (SSSR count). The lowest BCUT2D eigenvalue weighted by molar-refractivity contribution is -0.116. The summed E-state index contributed by atoms with van der Waals surface area (Å²) in [6, 6.07) is 26.1. The molecule has 1 heterocycles. The number of carbonyl (C=O) groups excluding carboxylic acids is 1. The molecule has 0 saturated heterocycles. The molecule has 39 heavy (non-hydrogen) atoms. The van der Waals surface area contributed by atoms with E-state index in [1.807, 2.05) is 73.7 Å². The molecule has 0 aliphatic heterocycles. The summed E-state index contributed by atoms with van der Waals surface area (Å²) < 4.78 is 29.1. The molecule has 1 atom stereocenters. The van der Waals surface area contributed by atoms with Gasteiger partial charge in [-0.15, -0.1) is 0 Å². The molecular weight excluding hydrogens is 508 g/mol. The number of hydrogen-bond acceptors (Lipinski definition) is 5. The predicted octanol–water partition coefficient (Wildman–Crippen LogP) is 5.92. The van der Waals surface area contributed by atoms with Crippen LogP contribution in [0, 0.1) is 0 Å². The van der Waals surface area contributed by atoms with Crippen LogP contribution in [-0.4, -0.2) is 19.3 Å². The third kappa shape index (κ3) is 6.53. The maximum absolute atomic E-state index is 13.1. The highest BCUT2D eigenvalue weighted by Crippen LogP contribution is 2.35. The van der Waals surface area contributed by atoms with E-state index < -0.39 is 10.0 Å². The molecule has 3 aromatic carbocycles. The molecule has 1 aromatic heterocycles. The molecule has 0 radical (unpaired) electrons. The Morgan fingerprint density at radius 2 is 1.74 bits per heavy atom. The Bertz CT molecular complexity index is 1550. The van der Waals surface area contributed by atoms with Crippen molar-refractivity contribution in [2.45, 2.75) is 50.0 Å². The Labute approximate surface area is 229 Å². The van der Waals surface area contributed by atoms with Gasteiger partial charge in [-0.1, -0.05) is 55.5 Å². The lowest BCUT2D eigenvalue weighted by atomic mass is 10.1. The Morgan fingerprint density at radius 1 is 0.949 bits per heavy atom. The van der Waals surface area contributed by atoms with E-state index >= 15 is 0 Å². The molecule has 1 aliphatic carbocycles. The van der Waals surface area contributed by atoms with E-state index in [0.717, 1.165) is 40.8 Å². The SMILES string of the molecule is CCc1ccc(S(=O)(=O)NC2CCc3ccc(Nc4ncccc4NC(=O)CCc4ccccc4)cc32)cc1. The highest BCUT2D eigenvalue weighted by molar-refractivity contribution is 7.89. The van der Waals surface area contributed by atoms with Crippen molar-refractivity contribution in [3.8, 4) is 0 Å². The van der Waals surface area contributed by atoms with E-state index in [0.29, 0.717) is 30.8 Å². The van der Waals surface area contributed by atoms with Gasteiger partial charge in [0.2, 0.25) is 15.9 Å². The zero-order valence-corrected chi connectivity index (χ0v) is 22.7. The van der Waals surface area contributed by atoms with Crippen LogP contribution in [-0.2, 0) is 34.1 Å². The van der Waals surface area contributed by atoms with Gasteiger partial charge < -0.3 is 10.6 Å². The minimum atomic E-state index is -3.66. The van der Waals surface area contributed by atoms with Crippen molar-refractivity contribution >= 4 is 33.1 Å². The second-order valence-electron chi connectivity index (χ2n) is 9.68. The molecule has 0 fully saturated rings. The number of fused-ring (bicyclic) bond motifs is 1. The van der Waals surface area contributed by atoms with Gasteiger partial charge in [0.05, 0.1) is 10.6 Å². The molecule has 4 aromatic rings. The van der Waals surface area contributed by atoms with Crippen LogP contribution in [0.25, 0.3) is 0 Å². The maximum atomic E-state index is 13.1. The third-order valence-electron chi connectivity index (χ3n) is 6.99. The molecule has 7 nitrogen and oxygen atoms in total. The third-order valence-corrected chi connectivity index (χ3v) is 8.48. The molecule has 0 bridgehead atoms. The summed E-state index contributed by atoms with van der Waals surface area (Å²) in [4.78, 5) is 17.3. The van der Waals surface area contributed by atoms with Gasteiger partial charge in [-0.25, -0.2) is 18.1 Å². The van der Waals surface area contributed by atoms with Crippen molar-refractivity contribution in [3.63, 3.8) is 0 Å². The summed E-state index contributed by atoms with van der Waals surface area (Å²) in [6.45, 7) is 2.04. The summed E-state index contributed by atoms with van der Waals surface area (Å²) in [5.74, 6) is 0.432. The van der Waals surface area contributed by atoms with Crippen LogP contribution >= 0.6 is 0 Å². The van der Waals surface area contributed by atoms with Gasteiger partial charge in [-0.05, 0) is 84.3 Å². The number of hydrogen-bond donors (Lipinski definition) is 3. The maximum Gasteiger partial charge on any atom is 0.241 e. The van der Waals surface area contributed by atoms with Crippen molar-refractivity contribution in [2.75, 3.05) is 10.6 Å². The second kappa shape index (κ2) is 11.8. The minimum Gasteiger partial charge on any atom is -0.338 e. The van der Waals surface area contributed by atoms with E-state index in [4.69, 9.17) is 0 Å². The number of amides is 1. The molecule has 0 spiro atoms. The molecule has 1 aliphatic rings. The van der Waals surface area contributed by atoms with Crippen molar-refractivity contribution in [1.29, 1.82) is 0 Å². The van der Waals surface area contributed by atoms with E-state index in [2.05, 4.69) is 20.3 Å². The number of nitrogens with zero attached hydrogens (tertiary/aromatic N) is 1. The highest BCUT2D eigenvalue weighted by atomic mass is 32.2. The van der Waals surface area contributed by atoms with E-state index in [1.165, 1.54) is 0 Å². The van der Waals surface area contributed by atoms with Gasteiger partial charge in [0.25, 0.3) is 0 Å². The van der Waals surface area contributed by atoms with Gasteiger partial charge in [0, 0.05) is 24.3 Å². The van der Waals surface area contributed by atoms with Crippen LogP contribution in [0.3, 0.4) is 0 Å². The Kier molecular flexibility index (Phi) is 8.05. The number of nitrogens with one attached hydrogen (secondary N) is 3. The highest BCUT2D eigenvalue weighted by Gasteiger charge is 2.28. The topological polar surface area (TPSA) is 100 Å². The van der Waals surface area contributed by atoms with Crippen LogP contribution in [0.4, 0.5) is 17.2 Å². The molecule has 1 amide bonds. The Morgan fingerprint density at radius 3 is 2.51 bits per heavy atom. The number of sulfonamides is 1. The number of anilines is 3. The number of pyridine rings is 1. The molecule has 0 saturated carbocycles. The van der Waals surface area contributed by atoms with Gasteiger partial charge in [-0.3, -0.25) is 4.79 Å². The largest absolute Gasteiger partial charge is 0.338 e. The summed E-state index contributed by atoms with van der Waals surface area (Å²) in [5.41, 5.74) is 5.62. The lowest BCUT2D eigenvalue weighted by Gasteiger charge is -2.17. The van der Waals surface area contributed by atoms with E-state index in [-0.39, 0.29) is 16.8 Å². The molecule has 3 N–H and O–H groups in total. The molecule has 8 heteroatoms. The quantitative estimate of drug-likeness (QED) is 0.232. The predicted molar refractivity (Wildman–Crippen MR) is 155 cm³/mol. The van der Waals surface area contributed by atoms with Gasteiger partial charge in [0.15, 0.2) is 5.82 Å². The summed E-state index contributed by atoms with van der Waals surface area (Å²) >= 11 is 0. The molecule has 1 unspecified atom stereocenters.